The van der Waals surface area contributed by atoms with Gasteiger partial charge in [0, 0.05) is 18.0 Å². The second-order valence-electron chi connectivity index (χ2n) is 7.68. The summed E-state index contributed by atoms with van der Waals surface area (Å²) in [6, 6.07) is 17.8. The van der Waals surface area contributed by atoms with Gasteiger partial charge in [0.05, 0.1) is 6.54 Å². The summed E-state index contributed by atoms with van der Waals surface area (Å²) >= 11 is 1.42. The third-order valence-corrected chi connectivity index (χ3v) is 6.53. The summed E-state index contributed by atoms with van der Waals surface area (Å²) in [6.07, 6.45) is 4.48. The summed E-state index contributed by atoms with van der Waals surface area (Å²) < 4.78 is 0. The van der Waals surface area contributed by atoms with E-state index in [2.05, 4.69) is 4.90 Å². The van der Waals surface area contributed by atoms with Crippen LogP contribution in [0.4, 0.5) is 0 Å². The Balaban J connectivity index is 1.66. The zero-order valence-corrected chi connectivity index (χ0v) is 17.6. The molecular formula is C24H26N2O2S. The molecule has 4 nitrogen and oxygen atoms in total. The quantitative estimate of drug-likeness (QED) is 0.672. The maximum absolute atomic E-state index is 13.4. The Morgan fingerprint density at radius 1 is 0.828 bits per heavy atom. The Labute approximate surface area is 176 Å². The zero-order chi connectivity index (χ0) is 20.2. The first-order valence-corrected chi connectivity index (χ1v) is 11.1. The van der Waals surface area contributed by atoms with Crippen LogP contribution in [-0.2, 0) is 16.1 Å². The van der Waals surface area contributed by atoms with E-state index in [1.165, 1.54) is 35.1 Å². The number of nitrogens with zero attached hydrogens (tertiary/aromatic N) is 2. The van der Waals surface area contributed by atoms with Gasteiger partial charge in [0.15, 0.2) is 0 Å². The fraction of sp³-hybridized carbons (Fsp3) is 0.333. The van der Waals surface area contributed by atoms with Crippen LogP contribution < -0.4 is 0 Å². The second-order valence-corrected chi connectivity index (χ2v) is 8.76. The SMILES string of the molecule is Cc1ccc(SC2=C(N3CCCCCC3)C(=O)N(Cc3ccccc3)C2=O)cc1. The Bertz CT molecular complexity index is 914. The van der Waals surface area contributed by atoms with Gasteiger partial charge in [-0.25, -0.2) is 0 Å². The number of likely N-dealkylation sites (tertiary alicyclic amines) is 1. The maximum Gasteiger partial charge on any atom is 0.278 e. The van der Waals surface area contributed by atoms with E-state index in [4.69, 9.17) is 0 Å². The molecule has 1 saturated heterocycles. The predicted octanol–water partition coefficient (Wildman–Crippen LogP) is 4.74. The van der Waals surface area contributed by atoms with Crippen molar-refractivity contribution in [1.82, 2.24) is 9.80 Å². The molecular weight excluding hydrogens is 380 g/mol. The van der Waals surface area contributed by atoms with E-state index < -0.39 is 0 Å². The zero-order valence-electron chi connectivity index (χ0n) is 16.8. The predicted molar refractivity (Wildman–Crippen MR) is 116 cm³/mol. The minimum Gasteiger partial charge on any atom is -0.366 e. The summed E-state index contributed by atoms with van der Waals surface area (Å²) in [5.41, 5.74) is 2.74. The molecule has 150 valence electrons. The van der Waals surface area contributed by atoms with Crippen molar-refractivity contribution in [2.75, 3.05) is 13.1 Å². The van der Waals surface area contributed by atoms with E-state index in [1.807, 2.05) is 61.5 Å². The number of benzene rings is 2. The van der Waals surface area contributed by atoms with Crippen LogP contribution in [0.5, 0.6) is 0 Å². The topological polar surface area (TPSA) is 40.6 Å². The Morgan fingerprint density at radius 2 is 1.48 bits per heavy atom. The van der Waals surface area contributed by atoms with Crippen molar-refractivity contribution in [1.29, 1.82) is 0 Å². The van der Waals surface area contributed by atoms with Crippen molar-refractivity contribution < 1.29 is 9.59 Å². The van der Waals surface area contributed by atoms with Crippen LogP contribution in [0.25, 0.3) is 0 Å². The van der Waals surface area contributed by atoms with Gasteiger partial charge in [-0.2, -0.15) is 0 Å². The van der Waals surface area contributed by atoms with Gasteiger partial charge >= 0.3 is 0 Å². The van der Waals surface area contributed by atoms with Gasteiger partial charge in [0.1, 0.15) is 10.6 Å². The molecule has 29 heavy (non-hydrogen) atoms. The molecule has 2 heterocycles. The largest absolute Gasteiger partial charge is 0.366 e. The van der Waals surface area contributed by atoms with E-state index in [0.29, 0.717) is 17.1 Å². The summed E-state index contributed by atoms with van der Waals surface area (Å²) in [6.45, 7) is 4.03. The Morgan fingerprint density at radius 3 is 2.14 bits per heavy atom. The van der Waals surface area contributed by atoms with Crippen molar-refractivity contribution in [2.45, 2.75) is 44.0 Å². The minimum absolute atomic E-state index is 0.157. The van der Waals surface area contributed by atoms with Crippen molar-refractivity contribution in [2.24, 2.45) is 0 Å². The molecule has 0 bridgehead atoms. The highest BCUT2D eigenvalue weighted by Crippen LogP contribution is 2.38. The molecule has 1 fully saturated rings. The van der Waals surface area contributed by atoms with Gasteiger partial charge in [-0.15, -0.1) is 0 Å². The molecule has 2 aromatic carbocycles. The standard InChI is InChI=1S/C24H26N2O2S/c1-18-11-13-20(14-12-18)29-22-21(25-15-7-2-3-8-16-25)23(27)26(24(22)28)17-19-9-5-4-6-10-19/h4-6,9-14H,2-3,7-8,15-17H2,1H3. The lowest BCUT2D eigenvalue weighted by Gasteiger charge is -2.24. The summed E-state index contributed by atoms with van der Waals surface area (Å²) in [5.74, 6) is -0.334. The summed E-state index contributed by atoms with van der Waals surface area (Å²) in [4.78, 5) is 31.8. The molecule has 5 heteroatoms. The number of hydrogen-bond donors (Lipinski definition) is 0. The number of amides is 2. The van der Waals surface area contributed by atoms with Gasteiger partial charge in [0.2, 0.25) is 0 Å². The molecule has 0 saturated carbocycles. The molecule has 0 aromatic heterocycles. The number of carbonyl (C=O) groups excluding carboxylic acids is 2. The molecule has 0 N–H and O–H groups in total. The maximum atomic E-state index is 13.4. The highest BCUT2D eigenvalue weighted by molar-refractivity contribution is 8.04. The van der Waals surface area contributed by atoms with Crippen LogP contribution >= 0.6 is 11.8 Å². The van der Waals surface area contributed by atoms with Gasteiger partial charge in [-0.05, 0) is 37.5 Å². The lowest BCUT2D eigenvalue weighted by atomic mass is 10.2. The molecule has 0 unspecified atom stereocenters. The number of hydrogen-bond acceptors (Lipinski definition) is 4. The number of carbonyl (C=O) groups is 2. The first-order valence-electron chi connectivity index (χ1n) is 10.3. The lowest BCUT2D eigenvalue weighted by Crippen LogP contribution is -2.35. The average Bonchev–Trinajstić information content (AvgIpc) is 2.92. The van der Waals surface area contributed by atoms with E-state index in [1.54, 1.807) is 0 Å². The molecule has 2 aliphatic heterocycles. The smallest absolute Gasteiger partial charge is 0.278 e. The monoisotopic (exact) mass is 406 g/mol. The van der Waals surface area contributed by atoms with E-state index in [9.17, 15) is 9.59 Å². The van der Waals surface area contributed by atoms with Gasteiger partial charge < -0.3 is 4.90 Å². The van der Waals surface area contributed by atoms with Gasteiger partial charge in [-0.1, -0.05) is 72.6 Å². The molecule has 2 aromatic rings. The number of rotatable bonds is 5. The minimum atomic E-state index is -0.177. The molecule has 0 radical (unpaired) electrons. The highest BCUT2D eigenvalue weighted by Gasteiger charge is 2.41. The molecule has 0 spiro atoms. The third-order valence-electron chi connectivity index (χ3n) is 5.45. The molecule has 0 aliphatic carbocycles. The number of thioether (sulfide) groups is 1. The van der Waals surface area contributed by atoms with E-state index in [-0.39, 0.29) is 11.8 Å². The van der Waals surface area contributed by atoms with E-state index in [0.717, 1.165) is 36.4 Å². The Hall–Kier alpha value is -2.53. The average molecular weight is 407 g/mol. The van der Waals surface area contributed by atoms with Crippen LogP contribution in [0, 0.1) is 6.92 Å². The lowest BCUT2D eigenvalue weighted by molar-refractivity contribution is -0.138. The highest BCUT2D eigenvalue weighted by atomic mass is 32.2. The van der Waals surface area contributed by atoms with Crippen molar-refractivity contribution in [3.8, 4) is 0 Å². The first-order chi connectivity index (χ1) is 14.1. The fourth-order valence-corrected chi connectivity index (χ4v) is 4.86. The molecule has 2 amide bonds. The third kappa shape index (κ3) is 4.40. The van der Waals surface area contributed by atoms with Crippen molar-refractivity contribution in [3.05, 3.63) is 76.3 Å². The number of aryl methyl sites for hydroxylation is 1. The van der Waals surface area contributed by atoms with Crippen molar-refractivity contribution >= 4 is 23.6 Å². The van der Waals surface area contributed by atoms with E-state index >= 15 is 0 Å². The fourth-order valence-electron chi connectivity index (χ4n) is 3.84. The Kier molecular flexibility index (Phi) is 6.05. The first kappa shape index (κ1) is 19.8. The van der Waals surface area contributed by atoms with Gasteiger partial charge in [-0.3, -0.25) is 14.5 Å². The second kappa shape index (κ2) is 8.87. The normalized spacial score (nSPS) is 17.8. The van der Waals surface area contributed by atoms with Crippen LogP contribution in [0.15, 0.2) is 70.1 Å². The number of imide groups is 1. The molecule has 4 rings (SSSR count). The van der Waals surface area contributed by atoms with Crippen LogP contribution in [0.2, 0.25) is 0 Å². The summed E-state index contributed by atoms with van der Waals surface area (Å²) in [7, 11) is 0. The molecule has 0 atom stereocenters. The van der Waals surface area contributed by atoms with Crippen LogP contribution in [0.3, 0.4) is 0 Å². The van der Waals surface area contributed by atoms with Crippen molar-refractivity contribution in [3.63, 3.8) is 0 Å². The molecule has 2 aliphatic rings. The van der Waals surface area contributed by atoms with Crippen LogP contribution in [0.1, 0.15) is 36.8 Å². The van der Waals surface area contributed by atoms with Gasteiger partial charge in [0.25, 0.3) is 11.8 Å². The summed E-state index contributed by atoms with van der Waals surface area (Å²) in [5, 5.41) is 0. The van der Waals surface area contributed by atoms with Crippen LogP contribution in [-0.4, -0.2) is 34.7 Å².